The van der Waals surface area contributed by atoms with Gasteiger partial charge in [0.2, 0.25) is 15.9 Å². The molecule has 2 amide bonds. The molecule has 3 aromatic carbocycles. The summed E-state index contributed by atoms with van der Waals surface area (Å²) in [5.74, 6) is -0.476. The molecule has 0 radical (unpaired) electrons. The van der Waals surface area contributed by atoms with E-state index in [-0.39, 0.29) is 23.1 Å². The quantitative estimate of drug-likeness (QED) is 0.500. The molecule has 35 heavy (non-hydrogen) atoms. The van der Waals surface area contributed by atoms with Gasteiger partial charge in [0.15, 0.2) is 0 Å². The lowest BCUT2D eigenvalue weighted by atomic mass is 10.1. The van der Waals surface area contributed by atoms with Crippen molar-refractivity contribution in [2.45, 2.75) is 17.7 Å². The second kappa shape index (κ2) is 11.3. The SMILES string of the molecule is O=C(CCc1ccc(S(=O)(=O)N2CCOCC2)cc1)Nc1ccccc1NC(=O)c1ccccc1. The highest BCUT2D eigenvalue weighted by molar-refractivity contribution is 7.89. The Hall–Kier alpha value is -3.53. The van der Waals surface area contributed by atoms with Crippen molar-refractivity contribution in [3.8, 4) is 0 Å². The van der Waals surface area contributed by atoms with E-state index in [1.807, 2.05) is 6.07 Å². The molecule has 0 unspecified atom stereocenters. The lowest BCUT2D eigenvalue weighted by Crippen LogP contribution is -2.40. The van der Waals surface area contributed by atoms with Crippen LogP contribution in [0.15, 0.2) is 83.8 Å². The van der Waals surface area contributed by atoms with E-state index in [1.165, 1.54) is 4.31 Å². The summed E-state index contributed by atoms with van der Waals surface area (Å²) in [6.07, 6.45) is 0.652. The second-order valence-corrected chi connectivity index (χ2v) is 10.0. The topological polar surface area (TPSA) is 105 Å². The third-order valence-corrected chi connectivity index (χ3v) is 7.57. The van der Waals surface area contributed by atoms with Crippen molar-refractivity contribution < 1.29 is 22.7 Å². The fraction of sp³-hybridized carbons (Fsp3) is 0.231. The number of anilines is 2. The minimum atomic E-state index is -3.55. The monoisotopic (exact) mass is 493 g/mol. The third kappa shape index (κ3) is 6.33. The highest BCUT2D eigenvalue weighted by Gasteiger charge is 2.26. The molecule has 0 aromatic heterocycles. The molecule has 0 saturated carbocycles. The molecule has 1 heterocycles. The molecule has 1 aliphatic rings. The number of rotatable bonds is 8. The smallest absolute Gasteiger partial charge is 0.255 e. The summed E-state index contributed by atoms with van der Waals surface area (Å²) in [7, 11) is -3.55. The van der Waals surface area contributed by atoms with Crippen LogP contribution < -0.4 is 10.6 Å². The Kier molecular flexibility index (Phi) is 7.91. The molecule has 1 saturated heterocycles. The molecule has 0 spiro atoms. The number of aryl methyl sites for hydroxylation is 1. The van der Waals surface area contributed by atoms with E-state index in [0.717, 1.165) is 5.56 Å². The van der Waals surface area contributed by atoms with Gasteiger partial charge in [-0.1, -0.05) is 42.5 Å². The van der Waals surface area contributed by atoms with Crippen LogP contribution in [-0.4, -0.2) is 50.8 Å². The maximum atomic E-state index is 12.7. The average Bonchev–Trinajstić information content (AvgIpc) is 2.90. The first kappa shape index (κ1) is 24.6. The van der Waals surface area contributed by atoms with Gasteiger partial charge in [-0.3, -0.25) is 9.59 Å². The third-order valence-electron chi connectivity index (χ3n) is 5.66. The zero-order valence-corrected chi connectivity index (χ0v) is 20.0. The first-order valence-corrected chi connectivity index (χ1v) is 12.8. The van der Waals surface area contributed by atoms with Gasteiger partial charge in [0.1, 0.15) is 0 Å². The van der Waals surface area contributed by atoms with Gasteiger partial charge in [-0.15, -0.1) is 0 Å². The Morgan fingerprint density at radius 2 is 1.40 bits per heavy atom. The van der Waals surface area contributed by atoms with Crippen LogP contribution in [0.3, 0.4) is 0 Å². The summed E-state index contributed by atoms with van der Waals surface area (Å²) in [6.45, 7) is 1.48. The van der Waals surface area contributed by atoms with Crippen molar-refractivity contribution in [2.24, 2.45) is 0 Å². The Bertz CT molecular complexity index is 1270. The number of carbonyl (C=O) groups excluding carboxylic acids is 2. The zero-order valence-electron chi connectivity index (χ0n) is 19.1. The molecule has 1 fully saturated rings. The van der Waals surface area contributed by atoms with Gasteiger partial charge in [-0.25, -0.2) is 8.42 Å². The van der Waals surface area contributed by atoms with Gasteiger partial charge >= 0.3 is 0 Å². The molecule has 0 bridgehead atoms. The lowest BCUT2D eigenvalue weighted by molar-refractivity contribution is -0.116. The maximum Gasteiger partial charge on any atom is 0.255 e. The van der Waals surface area contributed by atoms with E-state index in [0.29, 0.717) is 49.7 Å². The number of para-hydroxylation sites is 2. The molecule has 0 aliphatic carbocycles. The summed E-state index contributed by atoms with van der Waals surface area (Å²) in [5, 5.41) is 5.68. The molecule has 3 aromatic rings. The number of benzene rings is 3. The average molecular weight is 494 g/mol. The first-order valence-electron chi connectivity index (χ1n) is 11.4. The summed E-state index contributed by atoms with van der Waals surface area (Å²) in [5.41, 5.74) is 2.39. The number of hydrogen-bond acceptors (Lipinski definition) is 5. The molecule has 4 rings (SSSR count). The Morgan fingerprint density at radius 3 is 2.06 bits per heavy atom. The Balaban J connectivity index is 1.34. The summed E-state index contributed by atoms with van der Waals surface area (Å²) in [6, 6.07) is 22.5. The van der Waals surface area contributed by atoms with E-state index in [9.17, 15) is 18.0 Å². The molecule has 2 N–H and O–H groups in total. The molecular formula is C26H27N3O5S. The molecule has 9 heteroatoms. The summed E-state index contributed by atoms with van der Waals surface area (Å²) < 4.78 is 32.1. The van der Waals surface area contributed by atoms with Crippen molar-refractivity contribution in [1.29, 1.82) is 0 Å². The zero-order chi connectivity index (χ0) is 24.7. The summed E-state index contributed by atoms with van der Waals surface area (Å²) >= 11 is 0. The number of nitrogens with zero attached hydrogens (tertiary/aromatic N) is 1. The second-order valence-electron chi connectivity index (χ2n) is 8.07. The van der Waals surface area contributed by atoms with Gasteiger partial charge < -0.3 is 15.4 Å². The Labute approximate surface area is 205 Å². The van der Waals surface area contributed by atoms with E-state index in [1.54, 1.807) is 72.8 Å². The van der Waals surface area contributed by atoms with Gasteiger partial charge in [0.05, 0.1) is 29.5 Å². The predicted molar refractivity (Wildman–Crippen MR) is 134 cm³/mol. The minimum absolute atomic E-state index is 0.205. The van der Waals surface area contributed by atoms with Crippen LogP contribution in [0.1, 0.15) is 22.3 Å². The summed E-state index contributed by atoms with van der Waals surface area (Å²) in [4.78, 5) is 25.3. The van der Waals surface area contributed by atoms with E-state index in [4.69, 9.17) is 4.74 Å². The molecular weight excluding hydrogens is 466 g/mol. The number of nitrogens with one attached hydrogen (secondary N) is 2. The Morgan fingerprint density at radius 1 is 0.800 bits per heavy atom. The predicted octanol–water partition coefficient (Wildman–Crippen LogP) is 3.53. The van der Waals surface area contributed by atoms with Crippen LogP contribution in [0.4, 0.5) is 11.4 Å². The van der Waals surface area contributed by atoms with Gasteiger partial charge in [0, 0.05) is 25.1 Å². The number of morpholine rings is 1. The molecule has 8 nitrogen and oxygen atoms in total. The van der Waals surface area contributed by atoms with E-state index >= 15 is 0 Å². The van der Waals surface area contributed by atoms with Crippen molar-refractivity contribution in [1.82, 2.24) is 4.31 Å². The van der Waals surface area contributed by atoms with Crippen LogP contribution in [0, 0.1) is 0 Å². The van der Waals surface area contributed by atoms with Crippen LogP contribution in [0.2, 0.25) is 0 Å². The number of hydrogen-bond donors (Lipinski definition) is 2. The van der Waals surface area contributed by atoms with Crippen LogP contribution in [0.5, 0.6) is 0 Å². The van der Waals surface area contributed by atoms with Crippen LogP contribution in [0.25, 0.3) is 0 Å². The van der Waals surface area contributed by atoms with Crippen molar-refractivity contribution >= 4 is 33.2 Å². The number of sulfonamides is 1. The largest absolute Gasteiger partial charge is 0.379 e. The number of amides is 2. The highest BCUT2D eigenvalue weighted by atomic mass is 32.2. The van der Waals surface area contributed by atoms with Gasteiger partial charge in [0.25, 0.3) is 5.91 Å². The minimum Gasteiger partial charge on any atom is -0.379 e. The molecule has 1 aliphatic heterocycles. The molecule has 0 atom stereocenters. The number of ether oxygens (including phenoxy) is 1. The lowest BCUT2D eigenvalue weighted by Gasteiger charge is -2.26. The van der Waals surface area contributed by atoms with Crippen molar-refractivity contribution in [3.63, 3.8) is 0 Å². The first-order chi connectivity index (χ1) is 16.9. The van der Waals surface area contributed by atoms with Crippen molar-refractivity contribution in [2.75, 3.05) is 36.9 Å². The number of carbonyl (C=O) groups is 2. The molecule has 182 valence electrons. The van der Waals surface area contributed by atoms with Crippen LogP contribution in [-0.2, 0) is 26.0 Å². The van der Waals surface area contributed by atoms with E-state index < -0.39 is 10.0 Å². The highest BCUT2D eigenvalue weighted by Crippen LogP contribution is 2.23. The van der Waals surface area contributed by atoms with Crippen LogP contribution >= 0.6 is 0 Å². The fourth-order valence-corrected chi connectivity index (χ4v) is 5.13. The maximum absolute atomic E-state index is 12.7. The van der Waals surface area contributed by atoms with Gasteiger partial charge in [-0.05, 0) is 48.4 Å². The normalized spacial score (nSPS) is 14.3. The van der Waals surface area contributed by atoms with Gasteiger partial charge in [-0.2, -0.15) is 4.31 Å². The van der Waals surface area contributed by atoms with Crippen molar-refractivity contribution in [3.05, 3.63) is 90.0 Å². The fourth-order valence-electron chi connectivity index (χ4n) is 3.72. The van der Waals surface area contributed by atoms with E-state index in [2.05, 4.69) is 10.6 Å². The standard InChI is InChI=1S/C26H27N3O5S/c30-25(27-23-8-4-5-9-24(23)28-26(31)21-6-2-1-3-7-21)15-12-20-10-13-22(14-11-20)35(32,33)29-16-18-34-19-17-29/h1-11,13-14H,12,15-19H2,(H,27,30)(H,28,31).